The Balaban J connectivity index is 2.57. The minimum absolute atomic E-state index is 0.0862. The molecule has 0 atom stereocenters. The van der Waals surface area contributed by atoms with Crippen LogP contribution in [0.5, 0.6) is 0 Å². The lowest BCUT2D eigenvalue weighted by Gasteiger charge is -2.27. The smallest absolute Gasteiger partial charge is 0.305 e. The molecule has 0 aliphatic heterocycles. The number of carboxylic acid groups (broad SMARTS) is 1. The molecular weight excluding hydrogens is 333 g/mol. The second kappa shape index (κ2) is 7.00. The van der Waals surface area contributed by atoms with E-state index in [9.17, 15) is 17.6 Å². The van der Waals surface area contributed by atoms with Gasteiger partial charge in [0.1, 0.15) is 5.82 Å². The summed E-state index contributed by atoms with van der Waals surface area (Å²) in [6.45, 7) is 3.31. The summed E-state index contributed by atoms with van der Waals surface area (Å²) in [7, 11) is -4.01. The number of rotatable bonds is 6. The fourth-order valence-electron chi connectivity index (χ4n) is 2.48. The molecule has 0 spiro atoms. The van der Waals surface area contributed by atoms with Gasteiger partial charge in [-0.25, -0.2) is 12.8 Å². The normalized spacial score (nSPS) is 11.3. The summed E-state index contributed by atoms with van der Waals surface area (Å²) in [5.74, 6) is -1.64. The van der Waals surface area contributed by atoms with Gasteiger partial charge in [-0.05, 0) is 49.2 Å². The number of nitrogens with zero attached hydrogens (tertiary/aromatic N) is 1. The Kier molecular flexibility index (Phi) is 5.23. The molecule has 2 aromatic rings. The molecule has 0 saturated heterocycles. The summed E-state index contributed by atoms with van der Waals surface area (Å²) < 4.78 is 40.1. The van der Waals surface area contributed by atoms with Crippen LogP contribution < -0.4 is 4.31 Å². The minimum Gasteiger partial charge on any atom is -0.481 e. The van der Waals surface area contributed by atoms with Crippen molar-refractivity contribution in [1.29, 1.82) is 0 Å². The highest BCUT2D eigenvalue weighted by Crippen LogP contribution is 2.30. The number of carbonyl (C=O) groups is 1. The van der Waals surface area contributed by atoms with Crippen LogP contribution in [0, 0.1) is 19.7 Å². The van der Waals surface area contributed by atoms with Gasteiger partial charge in [0.2, 0.25) is 0 Å². The van der Waals surface area contributed by atoms with Crippen LogP contribution in [0.2, 0.25) is 0 Å². The van der Waals surface area contributed by atoms with Gasteiger partial charge in [0.25, 0.3) is 10.0 Å². The lowest BCUT2D eigenvalue weighted by molar-refractivity contribution is -0.136. The molecule has 7 heteroatoms. The van der Waals surface area contributed by atoms with Crippen molar-refractivity contribution >= 4 is 21.7 Å². The van der Waals surface area contributed by atoms with E-state index in [1.165, 1.54) is 12.1 Å². The third kappa shape index (κ3) is 3.73. The molecule has 0 saturated carbocycles. The molecule has 0 aromatic heterocycles. The molecule has 24 heavy (non-hydrogen) atoms. The molecule has 0 aliphatic carbocycles. The summed E-state index contributed by atoms with van der Waals surface area (Å²) in [6.07, 6.45) is -0.339. The predicted molar refractivity (Wildman–Crippen MR) is 89.1 cm³/mol. The Bertz CT molecular complexity index is 827. The minimum atomic E-state index is -4.01. The number of aliphatic carboxylic acids is 1. The lowest BCUT2D eigenvalue weighted by Crippen LogP contribution is -2.34. The van der Waals surface area contributed by atoms with E-state index >= 15 is 0 Å². The summed E-state index contributed by atoms with van der Waals surface area (Å²) >= 11 is 0. The highest BCUT2D eigenvalue weighted by molar-refractivity contribution is 7.92. The summed E-state index contributed by atoms with van der Waals surface area (Å²) in [5.41, 5.74) is 1.88. The molecule has 0 aliphatic rings. The fourth-order valence-corrected chi connectivity index (χ4v) is 4.08. The summed E-state index contributed by atoms with van der Waals surface area (Å²) in [6, 6.07) is 9.79. The molecule has 0 fully saturated rings. The number of hydrogen-bond donors (Lipinski definition) is 1. The Hall–Kier alpha value is -2.41. The van der Waals surface area contributed by atoms with Crippen LogP contribution in [-0.4, -0.2) is 26.0 Å². The molecule has 5 nitrogen and oxygen atoms in total. The quantitative estimate of drug-likeness (QED) is 0.868. The number of halogens is 1. The number of carboxylic acids is 1. The highest BCUT2D eigenvalue weighted by Gasteiger charge is 2.27. The zero-order chi connectivity index (χ0) is 17.9. The van der Waals surface area contributed by atoms with Gasteiger partial charge in [0.05, 0.1) is 17.0 Å². The average Bonchev–Trinajstić information content (AvgIpc) is 2.50. The van der Waals surface area contributed by atoms with E-state index in [1.807, 2.05) is 0 Å². The molecule has 2 rings (SSSR count). The number of sulfonamides is 1. The van der Waals surface area contributed by atoms with Gasteiger partial charge < -0.3 is 5.11 Å². The lowest BCUT2D eigenvalue weighted by atomic mass is 10.1. The first kappa shape index (κ1) is 17.9. The fraction of sp³-hybridized carbons (Fsp3) is 0.235. The van der Waals surface area contributed by atoms with E-state index in [4.69, 9.17) is 5.11 Å². The monoisotopic (exact) mass is 351 g/mol. The van der Waals surface area contributed by atoms with Gasteiger partial charge in [-0.1, -0.05) is 18.2 Å². The van der Waals surface area contributed by atoms with E-state index in [-0.39, 0.29) is 17.9 Å². The topological polar surface area (TPSA) is 74.7 Å². The maximum Gasteiger partial charge on any atom is 0.305 e. The first-order valence-electron chi connectivity index (χ1n) is 7.30. The van der Waals surface area contributed by atoms with Crippen molar-refractivity contribution in [3.63, 3.8) is 0 Å². The zero-order valence-corrected chi connectivity index (χ0v) is 14.2. The van der Waals surface area contributed by atoms with Gasteiger partial charge in [0.15, 0.2) is 0 Å². The Morgan fingerprint density at radius 2 is 1.62 bits per heavy atom. The highest BCUT2D eigenvalue weighted by atomic mass is 32.2. The van der Waals surface area contributed by atoms with Crippen molar-refractivity contribution < 1.29 is 22.7 Å². The second-order valence-electron chi connectivity index (χ2n) is 5.42. The molecule has 0 bridgehead atoms. The molecule has 0 radical (unpaired) electrons. The largest absolute Gasteiger partial charge is 0.481 e. The van der Waals surface area contributed by atoms with Crippen LogP contribution in [0.1, 0.15) is 17.5 Å². The Labute approximate surface area is 140 Å². The molecular formula is C17H18FNO4S. The standard InChI is InChI=1S/C17H18FNO4S/c1-12-4-3-5-13(2)17(12)19(11-10-16(20)21)24(22,23)15-8-6-14(18)7-9-15/h3-9H,10-11H2,1-2H3,(H,20,21). The van der Waals surface area contributed by atoms with Gasteiger partial charge in [0, 0.05) is 6.54 Å². The van der Waals surface area contributed by atoms with Crippen molar-refractivity contribution in [2.24, 2.45) is 0 Å². The van der Waals surface area contributed by atoms with Crippen LogP contribution in [-0.2, 0) is 14.8 Å². The van der Waals surface area contributed by atoms with E-state index in [0.717, 1.165) is 16.4 Å². The van der Waals surface area contributed by atoms with Crippen LogP contribution in [0.4, 0.5) is 10.1 Å². The van der Waals surface area contributed by atoms with Crippen molar-refractivity contribution in [1.82, 2.24) is 0 Å². The van der Waals surface area contributed by atoms with Gasteiger partial charge in [-0.2, -0.15) is 0 Å². The number of para-hydroxylation sites is 1. The number of benzene rings is 2. The van der Waals surface area contributed by atoms with E-state index in [0.29, 0.717) is 16.8 Å². The van der Waals surface area contributed by atoms with Crippen molar-refractivity contribution in [2.45, 2.75) is 25.2 Å². The summed E-state index contributed by atoms with van der Waals surface area (Å²) in [4.78, 5) is 10.9. The average molecular weight is 351 g/mol. The van der Waals surface area contributed by atoms with Crippen LogP contribution in [0.25, 0.3) is 0 Å². The third-order valence-corrected chi connectivity index (χ3v) is 5.43. The van der Waals surface area contributed by atoms with Crippen LogP contribution in [0.3, 0.4) is 0 Å². The number of hydrogen-bond acceptors (Lipinski definition) is 3. The van der Waals surface area contributed by atoms with E-state index in [1.54, 1.807) is 32.0 Å². The molecule has 128 valence electrons. The van der Waals surface area contributed by atoms with Gasteiger partial charge >= 0.3 is 5.97 Å². The van der Waals surface area contributed by atoms with E-state index in [2.05, 4.69) is 0 Å². The first-order chi connectivity index (χ1) is 11.2. The van der Waals surface area contributed by atoms with Crippen LogP contribution in [0.15, 0.2) is 47.4 Å². The second-order valence-corrected chi connectivity index (χ2v) is 7.28. The maximum absolute atomic E-state index is 13.1. The molecule has 2 aromatic carbocycles. The van der Waals surface area contributed by atoms with E-state index < -0.39 is 21.8 Å². The SMILES string of the molecule is Cc1cccc(C)c1N(CCC(=O)O)S(=O)(=O)c1ccc(F)cc1. The zero-order valence-electron chi connectivity index (χ0n) is 13.4. The predicted octanol–water partition coefficient (Wildman–Crippen LogP) is 3.11. The third-order valence-electron chi connectivity index (χ3n) is 3.62. The molecule has 0 unspecified atom stereocenters. The van der Waals surface area contributed by atoms with Crippen LogP contribution >= 0.6 is 0 Å². The van der Waals surface area contributed by atoms with Crippen molar-refractivity contribution in [3.05, 3.63) is 59.4 Å². The number of aryl methyl sites for hydroxylation is 2. The molecule has 0 heterocycles. The number of anilines is 1. The first-order valence-corrected chi connectivity index (χ1v) is 8.74. The van der Waals surface area contributed by atoms with Gasteiger partial charge in [-0.3, -0.25) is 9.10 Å². The van der Waals surface area contributed by atoms with Crippen molar-refractivity contribution in [3.8, 4) is 0 Å². The van der Waals surface area contributed by atoms with Gasteiger partial charge in [-0.15, -0.1) is 0 Å². The molecule has 1 N–H and O–H groups in total. The Morgan fingerprint density at radius 3 is 2.12 bits per heavy atom. The Morgan fingerprint density at radius 1 is 1.08 bits per heavy atom. The maximum atomic E-state index is 13.1. The summed E-state index contributed by atoms with van der Waals surface area (Å²) in [5, 5.41) is 8.95. The molecule has 0 amide bonds. The van der Waals surface area contributed by atoms with Crippen molar-refractivity contribution in [2.75, 3.05) is 10.8 Å².